The number of likely N-dealkylation sites (tertiary alicyclic amines) is 1. The molecule has 0 spiro atoms. The van der Waals surface area contributed by atoms with Crippen molar-refractivity contribution in [1.29, 1.82) is 0 Å². The SMILES string of the molecule is Cc1cnc([S@@](=O)C[C@@H]2CCCN2C(=O)OC(C)(C)C)nc1Cl. The number of aryl methyl sites for hydroxylation is 1. The van der Waals surface area contributed by atoms with E-state index in [0.717, 1.165) is 18.4 Å². The Labute approximate surface area is 144 Å². The zero-order chi connectivity index (χ0) is 17.2. The summed E-state index contributed by atoms with van der Waals surface area (Å²) in [5.74, 6) is 0.290. The van der Waals surface area contributed by atoms with Crippen LogP contribution in [0.2, 0.25) is 5.15 Å². The molecule has 2 rings (SSSR count). The first-order valence-electron chi connectivity index (χ1n) is 7.54. The van der Waals surface area contributed by atoms with Gasteiger partial charge in [0.05, 0.1) is 16.6 Å². The van der Waals surface area contributed by atoms with Gasteiger partial charge in [-0.2, -0.15) is 0 Å². The van der Waals surface area contributed by atoms with Crippen molar-refractivity contribution in [2.75, 3.05) is 12.3 Å². The summed E-state index contributed by atoms with van der Waals surface area (Å²) < 4.78 is 17.9. The summed E-state index contributed by atoms with van der Waals surface area (Å²) in [6, 6.07) is -0.130. The summed E-state index contributed by atoms with van der Waals surface area (Å²) in [6.07, 6.45) is 2.86. The van der Waals surface area contributed by atoms with Crippen molar-refractivity contribution in [3.8, 4) is 0 Å². The van der Waals surface area contributed by atoms with E-state index < -0.39 is 16.4 Å². The second-order valence-corrected chi connectivity index (χ2v) is 8.36. The molecular formula is C15H22ClN3O3S. The molecule has 0 bridgehead atoms. The Kier molecular flexibility index (Phi) is 5.62. The lowest BCUT2D eigenvalue weighted by molar-refractivity contribution is 0.0241. The van der Waals surface area contributed by atoms with E-state index in [4.69, 9.17) is 16.3 Å². The second-order valence-electron chi connectivity index (χ2n) is 6.61. The molecule has 1 aliphatic heterocycles. The van der Waals surface area contributed by atoms with Crippen LogP contribution in [0.3, 0.4) is 0 Å². The van der Waals surface area contributed by atoms with E-state index in [1.807, 2.05) is 20.8 Å². The number of ether oxygens (including phenoxy) is 1. The van der Waals surface area contributed by atoms with Crippen LogP contribution in [0.1, 0.15) is 39.2 Å². The molecule has 0 aromatic carbocycles. The topological polar surface area (TPSA) is 72.4 Å². The molecule has 0 N–H and O–H groups in total. The molecule has 1 aliphatic rings. The monoisotopic (exact) mass is 359 g/mol. The Morgan fingerprint density at radius 1 is 1.52 bits per heavy atom. The highest BCUT2D eigenvalue weighted by atomic mass is 35.5. The summed E-state index contributed by atoms with van der Waals surface area (Å²) >= 11 is 5.96. The van der Waals surface area contributed by atoms with Crippen molar-refractivity contribution in [2.45, 2.75) is 57.3 Å². The van der Waals surface area contributed by atoms with Gasteiger partial charge in [-0.15, -0.1) is 0 Å². The molecule has 2 atom stereocenters. The molecule has 6 nitrogen and oxygen atoms in total. The molecule has 8 heteroatoms. The van der Waals surface area contributed by atoms with Crippen LogP contribution in [0.4, 0.5) is 4.79 Å². The van der Waals surface area contributed by atoms with Gasteiger partial charge in [0.2, 0.25) is 5.16 Å². The predicted molar refractivity (Wildman–Crippen MR) is 89.0 cm³/mol. The van der Waals surface area contributed by atoms with Crippen molar-refractivity contribution in [3.05, 3.63) is 16.9 Å². The highest BCUT2D eigenvalue weighted by Gasteiger charge is 2.33. The maximum absolute atomic E-state index is 12.5. The van der Waals surface area contributed by atoms with Crippen molar-refractivity contribution in [2.24, 2.45) is 0 Å². The van der Waals surface area contributed by atoms with Gasteiger partial charge in [0.1, 0.15) is 10.8 Å². The molecule has 1 aromatic heterocycles. The van der Waals surface area contributed by atoms with E-state index in [1.54, 1.807) is 18.0 Å². The first-order chi connectivity index (χ1) is 10.7. The molecule has 0 aliphatic carbocycles. The lowest BCUT2D eigenvalue weighted by Gasteiger charge is -2.28. The fourth-order valence-electron chi connectivity index (χ4n) is 2.34. The summed E-state index contributed by atoms with van der Waals surface area (Å²) in [6.45, 7) is 7.89. The van der Waals surface area contributed by atoms with Crippen LogP contribution < -0.4 is 0 Å². The number of carbonyl (C=O) groups is 1. The summed E-state index contributed by atoms with van der Waals surface area (Å²) in [5.41, 5.74) is 0.195. The molecule has 1 fully saturated rings. The number of halogens is 1. The number of hydrogen-bond donors (Lipinski definition) is 0. The highest BCUT2D eigenvalue weighted by Crippen LogP contribution is 2.22. The number of aromatic nitrogens is 2. The predicted octanol–water partition coefficient (Wildman–Crippen LogP) is 2.95. The van der Waals surface area contributed by atoms with Crippen LogP contribution in [0, 0.1) is 6.92 Å². The maximum Gasteiger partial charge on any atom is 0.410 e. The van der Waals surface area contributed by atoms with Gasteiger partial charge < -0.3 is 9.64 Å². The third-order valence-corrected chi connectivity index (χ3v) is 5.11. The first kappa shape index (κ1) is 18.1. The van der Waals surface area contributed by atoms with E-state index in [9.17, 15) is 9.00 Å². The standard InChI is InChI=1S/C15H22ClN3O3S/c1-10-8-17-13(18-12(10)16)23(21)9-11-6-5-7-19(11)14(20)22-15(2,3)4/h8,11H,5-7,9H2,1-4H3/t11-,23-/m0/s1. The molecule has 1 saturated heterocycles. The largest absolute Gasteiger partial charge is 0.444 e. The van der Waals surface area contributed by atoms with E-state index in [-0.39, 0.29) is 17.3 Å². The van der Waals surface area contributed by atoms with Gasteiger partial charge in [-0.1, -0.05) is 11.6 Å². The number of amides is 1. The molecule has 1 aromatic rings. The molecule has 23 heavy (non-hydrogen) atoms. The Balaban J connectivity index is 2.04. The smallest absolute Gasteiger partial charge is 0.410 e. The minimum atomic E-state index is -1.41. The normalized spacial score (nSPS) is 19.7. The minimum Gasteiger partial charge on any atom is -0.444 e. The Morgan fingerprint density at radius 2 is 2.22 bits per heavy atom. The third-order valence-electron chi connectivity index (χ3n) is 3.44. The number of carbonyl (C=O) groups excluding carboxylic acids is 1. The lowest BCUT2D eigenvalue weighted by atomic mass is 10.2. The van der Waals surface area contributed by atoms with Gasteiger partial charge in [0, 0.05) is 24.3 Å². The van der Waals surface area contributed by atoms with Gasteiger partial charge in [0.25, 0.3) is 0 Å². The third kappa shape index (κ3) is 4.88. The van der Waals surface area contributed by atoms with Crippen LogP contribution in [0.25, 0.3) is 0 Å². The lowest BCUT2D eigenvalue weighted by Crippen LogP contribution is -2.42. The van der Waals surface area contributed by atoms with Crippen molar-refractivity contribution < 1.29 is 13.7 Å². The van der Waals surface area contributed by atoms with Crippen molar-refractivity contribution >= 4 is 28.5 Å². The average molecular weight is 360 g/mol. The summed E-state index contributed by atoms with van der Waals surface area (Å²) in [7, 11) is -1.41. The van der Waals surface area contributed by atoms with E-state index >= 15 is 0 Å². The van der Waals surface area contributed by atoms with E-state index in [1.165, 1.54) is 0 Å². The Morgan fingerprint density at radius 3 is 2.83 bits per heavy atom. The van der Waals surface area contributed by atoms with Crippen LogP contribution >= 0.6 is 11.6 Å². The van der Waals surface area contributed by atoms with Crippen molar-refractivity contribution in [3.63, 3.8) is 0 Å². The van der Waals surface area contributed by atoms with Gasteiger partial charge in [-0.3, -0.25) is 4.21 Å². The van der Waals surface area contributed by atoms with Crippen LogP contribution in [0.5, 0.6) is 0 Å². The zero-order valence-electron chi connectivity index (χ0n) is 13.8. The Bertz CT molecular complexity index is 618. The quantitative estimate of drug-likeness (QED) is 0.612. The van der Waals surface area contributed by atoms with Gasteiger partial charge in [0.15, 0.2) is 0 Å². The molecule has 1 amide bonds. The average Bonchev–Trinajstić information content (AvgIpc) is 2.88. The summed E-state index contributed by atoms with van der Waals surface area (Å²) in [5, 5.41) is 0.510. The van der Waals surface area contributed by atoms with Crippen molar-refractivity contribution in [1.82, 2.24) is 14.9 Å². The number of nitrogens with zero attached hydrogens (tertiary/aromatic N) is 3. The molecular weight excluding hydrogens is 338 g/mol. The van der Waals surface area contributed by atoms with Gasteiger partial charge in [-0.25, -0.2) is 14.8 Å². The van der Waals surface area contributed by atoms with E-state index in [2.05, 4.69) is 9.97 Å². The maximum atomic E-state index is 12.5. The zero-order valence-corrected chi connectivity index (χ0v) is 15.4. The number of rotatable bonds is 3. The second kappa shape index (κ2) is 7.13. The first-order valence-corrected chi connectivity index (χ1v) is 9.24. The Hall–Kier alpha value is -1.21. The van der Waals surface area contributed by atoms with E-state index in [0.29, 0.717) is 17.5 Å². The van der Waals surface area contributed by atoms with Crippen LogP contribution in [-0.4, -0.2) is 49.1 Å². The van der Waals surface area contributed by atoms with Crippen LogP contribution in [-0.2, 0) is 15.5 Å². The van der Waals surface area contributed by atoms with Gasteiger partial charge in [-0.05, 0) is 40.5 Å². The minimum absolute atomic E-state index is 0.130. The fraction of sp³-hybridized carbons (Fsp3) is 0.667. The molecule has 0 saturated carbocycles. The highest BCUT2D eigenvalue weighted by molar-refractivity contribution is 7.84. The molecule has 0 radical (unpaired) electrons. The fourth-order valence-corrected chi connectivity index (χ4v) is 3.72. The molecule has 128 valence electrons. The molecule has 0 unspecified atom stereocenters. The summed E-state index contributed by atoms with van der Waals surface area (Å²) in [4.78, 5) is 22.0. The van der Waals surface area contributed by atoms with Crippen LogP contribution in [0.15, 0.2) is 11.4 Å². The number of hydrogen-bond acceptors (Lipinski definition) is 5. The van der Waals surface area contributed by atoms with Gasteiger partial charge >= 0.3 is 6.09 Å². The molecule has 2 heterocycles.